The van der Waals surface area contributed by atoms with Crippen molar-refractivity contribution in [3.63, 3.8) is 0 Å². The highest BCUT2D eigenvalue weighted by Crippen LogP contribution is 2.02. The number of aliphatic hydroxyl groups is 5. The van der Waals surface area contributed by atoms with Crippen LogP contribution in [0.3, 0.4) is 0 Å². The molecule has 0 aliphatic heterocycles. The van der Waals surface area contributed by atoms with Crippen LogP contribution in [0, 0.1) is 0 Å². The van der Waals surface area contributed by atoms with Gasteiger partial charge in [0.05, 0.1) is 6.61 Å². The van der Waals surface area contributed by atoms with Crippen molar-refractivity contribution >= 4 is 18.2 Å². The molecule has 0 aromatic rings. The molecule has 0 saturated heterocycles. The standard InChI is InChI=1S/C6H12O6.C4H4O4/c7-1-3(9)5(11)6(12)4(10)2-8;5-3(6)1-2-4(7)8/h1,3-6,8-12H,2H2;1-2H,(H,5,6)(H,7,8)/t3-,4-,5-,6-;/m1./s1. The Labute approximate surface area is 112 Å². The molecule has 0 aromatic carbocycles. The van der Waals surface area contributed by atoms with Gasteiger partial charge in [-0.1, -0.05) is 0 Å². The highest BCUT2D eigenvalue weighted by molar-refractivity contribution is 5.89. The first-order valence-electron chi connectivity index (χ1n) is 5.09. The molecule has 0 amide bonds. The third-order valence-electron chi connectivity index (χ3n) is 1.79. The maximum Gasteiger partial charge on any atom is 0.328 e. The molecule has 0 aromatic heterocycles. The Morgan fingerprint density at radius 3 is 1.55 bits per heavy atom. The molecular formula is C10H16O10. The quantitative estimate of drug-likeness (QED) is 0.182. The first-order chi connectivity index (χ1) is 9.17. The summed E-state index contributed by atoms with van der Waals surface area (Å²) in [6.07, 6.45) is -5.72. The van der Waals surface area contributed by atoms with E-state index in [-0.39, 0.29) is 6.29 Å². The molecule has 0 unspecified atom stereocenters. The molecule has 0 aliphatic carbocycles. The van der Waals surface area contributed by atoms with Crippen LogP contribution in [0.15, 0.2) is 12.2 Å². The molecule has 0 saturated carbocycles. The van der Waals surface area contributed by atoms with Crippen molar-refractivity contribution in [2.45, 2.75) is 24.4 Å². The van der Waals surface area contributed by atoms with Crippen LogP contribution in [0.4, 0.5) is 0 Å². The van der Waals surface area contributed by atoms with Crippen molar-refractivity contribution in [1.29, 1.82) is 0 Å². The fourth-order valence-corrected chi connectivity index (χ4v) is 0.761. The van der Waals surface area contributed by atoms with Gasteiger partial charge in [0.1, 0.15) is 24.4 Å². The van der Waals surface area contributed by atoms with E-state index >= 15 is 0 Å². The number of carbonyl (C=O) groups is 3. The summed E-state index contributed by atoms with van der Waals surface area (Å²) in [7, 11) is 0. The molecule has 4 atom stereocenters. The van der Waals surface area contributed by atoms with Crippen molar-refractivity contribution in [2.75, 3.05) is 6.61 Å². The molecule has 0 rings (SSSR count). The Morgan fingerprint density at radius 2 is 1.30 bits per heavy atom. The number of aldehydes is 1. The number of hydrogen-bond acceptors (Lipinski definition) is 8. The second-order valence-corrected chi connectivity index (χ2v) is 3.37. The second kappa shape index (κ2) is 11.0. The van der Waals surface area contributed by atoms with Crippen LogP contribution in [-0.4, -0.2) is 85.0 Å². The maximum absolute atomic E-state index is 9.90. The van der Waals surface area contributed by atoms with Crippen LogP contribution in [0.25, 0.3) is 0 Å². The number of carboxylic acids is 2. The Bertz CT molecular complexity index is 323. The SMILES string of the molecule is O=C(O)C=CC(=O)O.O=C[C@@H](O)[C@@H](O)[C@H](O)[C@H](O)CO. The molecule has 10 nitrogen and oxygen atoms in total. The van der Waals surface area contributed by atoms with Gasteiger partial charge in [-0.25, -0.2) is 9.59 Å². The van der Waals surface area contributed by atoms with E-state index in [9.17, 15) is 14.4 Å². The van der Waals surface area contributed by atoms with E-state index in [0.29, 0.717) is 12.2 Å². The van der Waals surface area contributed by atoms with Crippen LogP contribution in [0.2, 0.25) is 0 Å². The zero-order valence-electron chi connectivity index (χ0n) is 10.1. The van der Waals surface area contributed by atoms with E-state index in [2.05, 4.69) is 0 Å². The maximum atomic E-state index is 9.90. The number of hydrogen-bond donors (Lipinski definition) is 7. The molecular weight excluding hydrogens is 280 g/mol. The molecule has 0 bridgehead atoms. The number of rotatable bonds is 7. The lowest BCUT2D eigenvalue weighted by Crippen LogP contribution is -2.46. The summed E-state index contributed by atoms with van der Waals surface area (Å²) in [5.41, 5.74) is 0. The van der Waals surface area contributed by atoms with E-state index in [0.717, 1.165) is 0 Å². The average molecular weight is 296 g/mol. The zero-order chi connectivity index (χ0) is 16.3. The van der Waals surface area contributed by atoms with Crippen LogP contribution < -0.4 is 0 Å². The summed E-state index contributed by atoms with van der Waals surface area (Å²) in [4.78, 5) is 29.0. The third kappa shape index (κ3) is 10.1. The summed E-state index contributed by atoms with van der Waals surface area (Å²) in [5.74, 6) is -2.51. The monoisotopic (exact) mass is 296 g/mol. The Hall–Kier alpha value is -1.85. The van der Waals surface area contributed by atoms with Crippen molar-refractivity contribution < 1.29 is 50.1 Å². The molecule has 0 heterocycles. The lowest BCUT2D eigenvalue weighted by molar-refractivity contribution is -0.136. The highest BCUT2D eigenvalue weighted by Gasteiger charge is 2.29. The van der Waals surface area contributed by atoms with E-state index in [4.69, 9.17) is 35.7 Å². The van der Waals surface area contributed by atoms with Crippen molar-refractivity contribution in [3.05, 3.63) is 12.2 Å². The first-order valence-corrected chi connectivity index (χ1v) is 5.09. The highest BCUT2D eigenvalue weighted by atomic mass is 16.4. The van der Waals surface area contributed by atoms with E-state index in [1.165, 1.54) is 0 Å². The summed E-state index contributed by atoms with van der Waals surface area (Å²) in [6, 6.07) is 0. The third-order valence-corrected chi connectivity index (χ3v) is 1.79. The second-order valence-electron chi connectivity index (χ2n) is 3.37. The van der Waals surface area contributed by atoms with Crippen molar-refractivity contribution in [1.82, 2.24) is 0 Å². The summed E-state index contributed by atoms with van der Waals surface area (Å²) >= 11 is 0. The average Bonchev–Trinajstić information content (AvgIpc) is 2.42. The van der Waals surface area contributed by atoms with Gasteiger partial charge in [-0.05, 0) is 0 Å². The molecule has 0 radical (unpaired) electrons. The molecule has 116 valence electrons. The van der Waals surface area contributed by atoms with Gasteiger partial charge >= 0.3 is 11.9 Å². The number of aliphatic hydroxyl groups excluding tert-OH is 5. The Kier molecular flexibility index (Phi) is 11.3. The van der Waals surface area contributed by atoms with Crippen LogP contribution in [0.1, 0.15) is 0 Å². The number of aliphatic carboxylic acids is 2. The van der Waals surface area contributed by atoms with Gasteiger partial charge in [0.2, 0.25) is 0 Å². The zero-order valence-corrected chi connectivity index (χ0v) is 10.1. The minimum Gasteiger partial charge on any atom is -0.478 e. The van der Waals surface area contributed by atoms with Gasteiger partial charge < -0.3 is 40.5 Å². The van der Waals surface area contributed by atoms with Crippen molar-refractivity contribution in [2.24, 2.45) is 0 Å². The van der Waals surface area contributed by atoms with Gasteiger partial charge in [0.25, 0.3) is 0 Å². The lowest BCUT2D eigenvalue weighted by Gasteiger charge is -2.22. The van der Waals surface area contributed by atoms with E-state index < -0.39 is 43.0 Å². The lowest BCUT2D eigenvalue weighted by atomic mass is 10.0. The van der Waals surface area contributed by atoms with Gasteiger partial charge in [-0.2, -0.15) is 0 Å². The fraction of sp³-hybridized carbons (Fsp3) is 0.500. The van der Waals surface area contributed by atoms with E-state index in [1.807, 2.05) is 0 Å². The fourth-order valence-electron chi connectivity index (χ4n) is 0.761. The molecule has 10 heteroatoms. The Morgan fingerprint density at radius 1 is 0.900 bits per heavy atom. The predicted octanol–water partition coefficient (Wildman–Crippen LogP) is -3.67. The molecule has 20 heavy (non-hydrogen) atoms. The number of carbonyl (C=O) groups excluding carboxylic acids is 1. The van der Waals surface area contributed by atoms with Gasteiger partial charge in [0, 0.05) is 12.2 Å². The smallest absolute Gasteiger partial charge is 0.328 e. The molecule has 0 fully saturated rings. The Balaban J connectivity index is 0. The van der Waals surface area contributed by atoms with Crippen LogP contribution in [0.5, 0.6) is 0 Å². The van der Waals surface area contributed by atoms with E-state index in [1.54, 1.807) is 0 Å². The van der Waals surface area contributed by atoms with Gasteiger partial charge in [-0.3, -0.25) is 0 Å². The normalized spacial score (nSPS) is 16.4. The summed E-state index contributed by atoms with van der Waals surface area (Å²) in [5, 5.41) is 59.2. The van der Waals surface area contributed by atoms with Gasteiger partial charge in [0.15, 0.2) is 6.29 Å². The predicted molar refractivity (Wildman–Crippen MR) is 61.6 cm³/mol. The molecule has 0 aliphatic rings. The molecule has 7 N–H and O–H groups in total. The van der Waals surface area contributed by atoms with Crippen LogP contribution in [-0.2, 0) is 14.4 Å². The minimum atomic E-state index is -1.79. The van der Waals surface area contributed by atoms with Crippen molar-refractivity contribution in [3.8, 4) is 0 Å². The minimum absolute atomic E-state index is 0.0258. The first kappa shape index (κ1) is 20.5. The largest absolute Gasteiger partial charge is 0.478 e. The summed E-state index contributed by atoms with van der Waals surface area (Å²) in [6.45, 7) is -0.760. The van der Waals surface area contributed by atoms with Crippen LogP contribution >= 0.6 is 0 Å². The molecule has 0 spiro atoms. The summed E-state index contributed by atoms with van der Waals surface area (Å²) < 4.78 is 0. The topological polar surface area (TPSA) is 193 Å². The van der Waals surface area contributed by atoms with Gasteiger partial charge in [-0.15, -0.1) is 0 Å². The number of carboxylic acid groups (broad SMARTS) is 2.